The molecule has 1 aromatic carbocycles. The van der Waals surface area contributed by atoms with Crippen molar-refractivity contribution in [2.75, 3.05) is 20.6 Å². The number of rotatable bonds is 7. The molecule has 0 aliphatic rings. The van der Waals surface area contributed by atoms with Gasteiger partial charge in [0.25, 0.3) is 0 Å². The Kier molecular flexibility index (Phi) is 6.76. The lowest BCUT2D eigenvalue weighted by atomic mass is 10.0. The first-order chi connectivity index (χ1) is 8.54. The Hall–Kier alpha value is -0.510. The molecule has 0 aromatic heterocycles. The minimum Gasteiger partial charge on any atom is -0.330 e. The van der Waals surface area contributed by atoms with Gasteiger partial charge in [0, 0.05) is 16.2 Å². The van der Waals surface area contributed by atoms with E-state index < -0.39 is 0 Å². The third kappa shape index (κ3) is 5.01. The zero-order valence-corrected chi connectivity index (χ0v) is 12.8. The number of nitrogens with two attached hydrogens (primary N) is 1. The lowest BCUT2D eigenvalue weighted by Crippen LogP contribution is -2.20. The Labute approximate surface area is 116 Å². The Morgan fingerprint density at radius 3 is 2.22 bits per heavy atom. The predicted octanol–water partition coefficient (Wildman–Crippen LogP) is 3.53. The van der Waals surface area contributed by atoms with Gasteiger partial charge >= 0.3 is 0 Å². The van der Waals surface area contributed by atoms with Crippen molar-refractivity contribution in [1.82, 2.24) is 4.90 Å². The summed E-state index contributed by atoms with van der Waals surface area (Å²) in [6, 6.07) is 9.46. The van der Waals surface area contributed by atoms with Gasteiger partial charge in [0.2, 0.25) is 0 Å². The van der Waals surface area contributed by atoms with Crippen LogP contribution in [0.15, 0.2) is 29.2 Å². The number of hydrogen-bond acceptors (Lipinski definition) is 3. The van der Waals surface area contributed by atoms with Crippen molar-refractivity contribution < 1.29 is 0 Å². The van der Waals surface area contributed by atoms with Crippen molar-refractivity contribution in [3.05, 3.63) is 29.8 Å². The summed E-state index contributed by atoms with van der Waals surface area (Å²) >= 11 is 1.91. The molecule has 0 fully saturated rings. The minimum atomic E-state index is 0.478. The molecule has 0 aliphatic heterocycles. The topological polar surface area (TPSA) is 29.3 Å². The molecular weight excluding hydrogens is 240 g/mol. The number of benzene rings is 1. The van der Waals surface area contributed by atoms with E-state index in [4.69, 9.17) is 5.73 Å². The largest absolute Gasteiger partial charge is 0.330 e. The standard InChI is InChI=1S/C15H26N2S/c1-12(2)18-14-9-7-13(8-10-14)15(17(3)4)6-5-11-16/h7-10,12,15H,5-6,11,16H2,1-4H3. The second kappa shape index (κ2) is 7.82. The van der Waals surface area contributed by atoms with Crippen molar-refractivity contribution >= 4 is 11.8 Å². The summed E-state index contributed by atoms with van der Waals surface area (Å²) in [7, 11) is 4.27. The van der Waals surface area contributed by atoms with E-state index >= 15 is 0 Å². The van der Waals surface area contributed by atoms with E-state index in [1.165, 1.54) is 10.5 Å². The first-order valence-corrected chi connectivity index (χ1v) is 7.55. The Morgan fingerprint density at radius 1 is 1.17 bits per heavy atom. The molecule has 3 heteroatoms. The quantitative estimate of drug-likeness (QED) is 0.766. The zero-order chi connectivity index (χ0) is 13.5. The third-order valence-electron chi connectivity index (χ3n) is 2.94. The molecule has 102 valence electrons. The van der Waals surface area contributed by atoms with E-state index in [2.05, 4.69) is 57.1 Å². The highest BCUT2D eigenvalue weighted by atomic mass is 32.2. The van der Waals surface area contributed by atoms with Crippen molar-refractivity contribution in [2.24, 2.45) is 5.73 Å². The van der Waals surface area contributed by atoms with E-state index in [0.29, 0.717) is 11.3 Å². The van der Waals surface area contributed by atoms with Crippen LogP contribution in [0.1, 0.15) is 38.3 Å². The summed E-state index contributed by atoms with van der Waals surface area (Å²) in [5.74, 6) is 0. The molecule has 1 unspecified atom stereocenters. The van der Waals surface area contributed by atoms with Gasteiger partial charge < -0.3 is 10.6 Å². The molecular formula is C15H26N2S. The van der Waals surface area contributed by atoms with Gasteiger partial charge in [0.1, 0.15) is 0 Å². The molecule has 1 atom stereocenters. The molecule has 0 saturated heterocycles. The highest BCUT2D eigenvalue weighted by Gasteiger charge is 2.13. The summed E-state index contributed by atoms with van der Waals surface area (Å²) in [4.78, 5) is 3.63. The van der Waals surface area contributed by atoms with Crippen molar-refractivity contribution in [2.45, 2.75) is 42.9 Å². The average molecular weight is 266 g/mol. The molecule has 0 heterocycles. The normalized spacial score (nSPS) is 13.3. The minimum absolute atomic E-state index is 0.478. The molecule has 0 amide bonds. The molecule has 0 bridgehead atoms. The van der Waals surface area contributed by atoms with Crippen molar-refractivity contribution in [1.29, 1.82) is 0 Å². The highest BCUT2D eigenvalue weighted by Crippen LogP contribution is 2.27. The molecule has 0 spiro atoms. The fourth-order valence-corrected chi connectivity index (χ4v) is 2.91. The van der Waals surface area contributed by atoms with Crippen LogP contribution in [0.25, 0.3) is 0 Å². The Balaban J connectivity index is 2.73. The summed E-state index contributed by atoms with van der Waals surface area (Å²) in [5.41, 5.74) is 7.00. The second-order valence-corrected chi connectivity index (χ2v) is 6.80. The van der Waals surface area contributed by atoms with Crippen LogP contribution in [-0.4, -0.2) is 30.8 Å². The molecule has 0 radical (unpaired) electrons. The van der Waals surface area contributed by atoms with Crippen LogP contribution in [0.5, 0.6) is 0 Å². The van der Waals surface area contributed by atoms with Gasteiger partial charge in [0.15, 0.2) is 0 Å². The van der Waals surface area contributed by atoms with Crippen molar-refractivity contribution in [3.63, 3.8) is 0 Å². The van der Waals surface area contributed by atoms with Gasteiger partial charge in [-0.3, -0.25) is 0 Å². The molecule has 2 nitrogen and oxygen atoms in total. The number of thioether (sulfide) groups is 1. The SMILES string of the molecule is CC(C)Sc1ccc(C(CCCN)N(C)C)cc1. The molecule has 1 aromatic rings. The third-order valence-corrected chi connectivity index (χ3v) is 3.96. The predicted molar refractivity (Wildman–Crippen MR) is 82.2 cm³/mol. The zero-order valence-electron chi connectivity index (χ0n) is 12.0. The lowest BCUT2D eigenvalue weighted by molar-refractivity contribution is 0.280. The number of hydrogen-bond donors (Lipinski definition) is 1. The van der Waals surface area contributed by atoms with Crippen LogP contribution in [0.4, 0.5) is 0 Å². The monoisotopic (exact) mass is 266 g/mol. The smallest absolute Gasteiger partial charge is 0.0342 e. The van der Waals surface area contributed by atoms with E-state index in [1.54, 1.807) is 0 Å². The van der Waals surface area contributed by atoms with Gasteiger partial charge in [0.05, 0.1) is 0 Å². The average Bonchev–Trinajstić information content (AvgIpc) is 2.30. The highest BCUT2D eigenvalue weighted by molar-refractivity contribution is 7.99. The fourth-order valence-electron chi connectivity index (χ4n) is 2.07. The van der Waals surface area contributed by atoms with Crippen LogP contribution in [-0.2, 0) is 0 Å². The maximum Gasteiger partial charge on any atom is 0.0342 e. The van der Waals surface area contributed by atoms with E-state index in [9.17, 15) is 0 Å². The maximum atomic E-state index is 5.61. The Morgan fingerprint density at radius 2 is 1.78 bits per heavy atom. The lowest BCUT2D eigenvalue weighted by Gasteiger charge is -2.25. The van der Waals surface area contributed by atoms with E-state index in [1.807, 2.05) is 11.8 Å². The van der Waals surface area contributed by atoms with Crippen LogP contribution in [0, 0.1) is 0 Å². The maximum absolute atomic E-state index is 5.61. The first-order valence-electron chi connectivity index (χ1n) is 6.67. The van der Waals surface area contributed by atoms with Crippen LogP contribution < -0.4 is 5.73 Å². The summed E-state index contributed by atoms with van der Waals surface area (Å²) in [6.45, 7) is 5.22. The van der Waals surface area contributed by atoms with Gasteiger partial charge in [-0.1, -0.05) is 26.0 Å². The van der Waals surface area contributed by atoms with Crippen LogP contribution in [0.3, 0.4) is 0 Å². The Bertz CT molecular complexity index is 333. The summed E-state index contributed by atoms with van der Waals surface area (Å²) in [6.07, 6.45) is 2.20. The van der Waals surface area contributed by atoms with Crippen LogP contribution >= 0.6 is 11.8 Å². The molecule has 0 saturated carbocycles. The van der Waals surface area contributed by atoms with Crippen molar-refractivity contribution in [3.8, 4) is 0 Å². The summed E-state index contributed by atoms with van der Waals surface area (Å²) in [5, 5.41) is 0.637. The number of nitrogens with zero attached hydrogens (tertiary/aromatic N) is 1. The second-order valence-electron chi connectivity index (χ2n) is 5.15. The van der Waals surface area contributed by atoms with Gasteiger partial charge in [-0.15, -0.1) is 11.8 Å². The van der Waals surface area contributed by atoms with Gasteiger partial charge in [-0.05, 0) is 51.2 Å². The fraction of sp³-hybridized carbons (Fsp3) is 0.600. The first kappa shape index (κ1) is 15.5. The molecule has 1 rings (SSSR count). The van der Waals surface area contributed by atoms with E-state index in [-0.39, 0.29) is 0 Å². The molecule has 18 heavy (non-hydrogen) atoms. The van der Waals surface area contributed by atoms with Crippen LogP contribution in [0.2, 0.25) is 0 Å². The summed E-state index contributed by atoms with van der Waals surface area (Å²) < 4.78 is 0. The van der Waals surface area contributed by atoms with E-state index in [0.717, 1.165) is 19.4 Å². The van der Waals surface area contributed by atoms with Gasteiger partial charge in [-0.25, -0.2) is 0 Å². The molecule has 2 N–H and O–H groups in total. The molecule has 0 aliphatic carbocycles. The van der Waals surface area contributed by atoms with Gasteiger partial charge in [-0.2, -0.15) is 0 Å².